The molecule has 1 saturated heterocycles. The number of fused-ring (bicyclic) bond motifs is 1. The molecule has 4 N–H and O–H groups in total. The third kappa shape index (κ3) is 3.50. The summed E-state index contributed by atoms with van der Waals surface area (Å²) in [6.45, 7) is 0. The van der Waals surface area contributed by atoms with Crippen molar-refractivity contribution in [2.45, 2.75) is 18.2 Å². The minimum absolute atomic E-state index is 0.0980. The topological polar surface area (TPSA) is 123 Å². The van der Waals surface area contributed by atoms with Crippen LogP contribution in [0.3, 0.4) is 0 Å². The largest absolute Gasteiger partial charge is 0.458 e. The van der Waals surface area contributed by atoms with Crippen molar-refractivity contribution >= 4 is 5.97 Å². The lowest BCUT2D eigenvalue weighted by atomic mass is 9.74. The van der Waals surface area contributed by atoms with E-state index in [4.69, 9.17) is 19.6 Å². The van der Waals surface area contributed by atoms with Gasteiger partial charge in [-0.05, 0) is 35.4 Å². The van der Waals surface area contributed by atoms with E-state index in [1.54, 1.807) is 18.2 Å². The molecule has 8 nitrogen and oxygen atoms in total. The van der Waals surface area contributed by atoms with E-state index in [-0.39, 0.29) is 29.5 Å². The normalized spacial score (nSPS) is 24.3. The first kappa shape index (κ1) is 19.9. The Balaban J connectivity index is 1.47. The molecule has 4 unspecified atom stereocenters. The number of hydrazine groups is 1. The molecule has 3 aromatic rings. The highest BCUT2D eigenvalue weighted by Crippen LogP contribution is 2.47. The smallest absolute Gasteiger partial charge is 0.379 e. The van der Waals surface area contributed by atoms with Crippen LogP contribution in [0.5, 0.6) is 5.75 Å². The van der Waals surface area contributed by atoms with Gasteiger partial charge in [0.05, 0.1) is 17.9 Å². The molecule has 0 aliphatic carbocycles. The van der Waals surface area contributed by atoms with Crippen molar-refractivity contribution < 1.29 is 18.7 Å². The number of hydrogen-bond acceptors (Lipinski definition) is 8. The lowest BCUT2D eigenvalue weighted by Gasteiger charge is -2.36. The van der Waals surface area contributed by atoms with Crippen molar-refractivity contribution in [1.82, 2.24) is 10.9 Å². The van der Waals surface area contributed by atoms with Gasteiger partial charge in [-0.3, -0.25) is 0 Å². The SMILES string of the molecule is N#CC1=C(N)OC2NNC(c3ccccc3)C2C1c1ccc(OC(=O)c2ccco2)cc1. The highest BCUT2D eigenvalue weighted by Gasteiger charge is 2.49. The van der Waals surface area contributed by atoms with Gasteiger partial charge in [0.15, 0.2) is 6.23 Å². The number of esters is 1. The zero-order valence-electron chi connectivity index (χ0n) is 16.9. The molecule has 160 valence electrons. The summed E-state index contributed by atoms with van der Waals surface area (Å²) in [5.74, 6) is -0.426. The molecule has 0 spiro atoms. The van der Waals surface area contributed by atoms with Crippen LogP contribution in [0.15, 0.2) is 88.9 Å². The van der Waals surface area contributed by atoms with Gasteiger partial charge in [0, 0.05) is 11.8 Å². The van der Waals surface area contributed by atoms with E-state index in [0.29, 0.717) is 11.3 Å². The summed E-state index contributed by atoms with van der Waals surface area (Å²) in [5.41, 5.74) is 14.9. The van der Waals surface area contributed by atoms with Crippen molar-refractivity contribution in [3.05, 3.63) is 101 Å². The summed E-state index contributed by atoms with van der Waals surface area (Å²) < 4.78 is 16.3. The number of nitriles is 1. The van der Waals surface area contributed by atoms with Crippen LogP contribution >= 0.6 is 0 Å². The first-order valence-corrected chi connectivity index (χ1v) is 10.1. The molecule has 0 radical (unpaired) electrons. The van der Waals surface area contributed by atoms with Gasteiger partial charge in [0.2, 0.25) is 11.6 Å². The van der Waals surface area contributed by atoms with Gasteiger partial charge < -0.3 is 19.6 Å². The Kier molecular flexibility index (Phi) is 5.11. The summed E-state index contributed by atoms with van der Waals surface area (Å²) in [6.07, 6.45) is 1.01. The number of carbonyl (C=O) groups excluding carboxylic acids is 1. The van der Waals surface area contributed by atoms with Gasteiger partial charge in [-0.15, -0.1) is 0 Å². The van der Waals surface area contributed by atoms with Crippen molar-refractivity contribution in [2.75, 3.05) is 0 Å². The maximum absolute atomic E-state index is 12.1. The first-order chi connectivity index (χ1) is 15.7. The van der Waals surface area contributed by atoms with Crippen LogP contribution in [0.4, 0.5) is 0 Å². The lowest BCUT2D eigenvalue weighted by Crippen LogP contribution is -2.40. The van der Waals surface area contributed by atoms with E-state index in [2.05, 4.69) is 16.9 Å². The molecule has 8 heteroatoms. The van der Waals surface area contributed by atoms with Crippen molar-refractivity contribution in [3.63, 3.8) is 0 Å². The molecule has 1 fully saturated rings. The number of hydrogen-bond donors (Lipinski definition) is 3. The van der Waals surface area contributed by atoms with Crippen LogP contribution in [0.25, 0.3) is 0 Å². The summed E-state index contributed by atoms with van der Waals surface area (Å²) in [5, 5.41) is 9.86. The predicted molar refractivity (Wildman–Crippen MR) is 113 cm³/mol. The maximum Gasteiger partial charge on any atom is 0.379 e. The van der Waals surface area contributed by atoms with E-state index >= 15 is 0 Å². The average molecular weight is 428 g/mol. The molecule has 2 aliphatic heterocycles. The molecular formula is C24H20N4O4. The molecule has 0 amide bonds. The fourth-order valence-corrected chi connectivity index (χ4v) is 4.34. The molecule has 5 rings (SSSR count). The number of nitrogens with two attached hydrogens (primary N) is 1. The standard InChI is InChI=1S/C24H20N4O4/c25-13-17-19(14-8-10-16(11-9-14)31-24(29)18-7-4-12-30-18)20-21(15-5-2-1-3-6-15)27-28-23(20)32-22(17)26/h1-12,19-21,23,27-28H,26H2. The summed E-state index contributed by atoms with van der Waals surface area (Å²) >= 11 is 0. The number of nitrogens with one attached hydrogen (secondary N) is 2. The highest BCUT2D eigenvalue weighted by molar-refractivity contribution is 5.88. The lowest BCUT2D eigenvalue weighted by molar-refractivity contribution is 0.0340. The van der Waals surface area contributed by atoms with Gasteiger partial charge >= 0.3 is 5.97 Å². The third-order valence-electron chi connectivity index (χ3n) is 5.78. The Morgan fingerprint density at radius 2 is 1.78 bits per heavy atom. The van der Waals surface area contributed by atoms with Crippen LogP contribution in [-0.2, 0) is 4.74 Å². The van der Waals surface area contributed by atoms with Crippen LogP contribution < -0.4 is 21.3 Å². The van der Waals surface area contributed by atoms with E-state index in [1.807, 2.05) is 42.5 Å². The number of carbonyl (C=O) groups is 1. The van der Waals surface area contributed by atoms with Crippen LogP contribution in [-0.4, -0.2) is 12.2 Å². The first-order valence-electron chi connectivity index (χ1n) is 10.1. The minimum Gasteiger partial charge on any atom is -0.458 e. The van der Waals surface area contributed by atoms with Crippen LogP contribution in [0.1, 0.15) is 33.6 Å². The number of benzene rings is 2. The summed E-state index contributed by atoms with van der Waals surface area (Å²) in [4.78, 5) is 12.1. The van der Waals surface area contributed by atoms with Crippen molar-refractivity contribution in [2.24, 2.45) is 11.7 Å². The van der Waals surface area contributed by atoms with Gasteiger partial charge in [0.1, 0.15) is 11.8 Å². The zero-order chi connectivity index (χ0) is 22.1. The fraction of sp³-hybridized carbons (Fsp3) is 0.167. The molecule has 32 heavy (non-hydrogen) atoms. The quantitative estimate of drug-likeness (QED) is 0.428. The third-order valence-corrected chi connectivity index (χ3v) is 5.78. The van der Waals surface area contributed by atoms with Crippen molar-refractivity contribution in [1.29, 1.82) is 5.26 Å². The molecule has 4 atom stereocenters. The predicted octanol–water partition coefficient (Wildman–Crippen LogP) is 3.10. The Morgan fingerprint density at radius 3 is 2.47 bits per heavy atom. The number of rotatable bonds is 4. The summed E-state index contributed by atoms with van der Waals surface area (Å²) in [6, 6.07) is 22.3. The van der Waals surface area contributed by atoms with Crippen molar-refractivity contribution in [3.8, 4) is 11.8 Å². The van der Waals surface area contributed by atoms with Gasteiger partial charge in [0.25, 0.3) is 0 Å². The maximum atomic E-state index is 12.1. The number of allylic oxidation sites excluding steroid dienone is 1. The second kappa shape index (κ2) is 8.23. The summed E-state index contributed by atoms with van der Waals surface area (Å²) in [7, 11) is 0. The van der Waals surface area contributed by atoms with Gasteiger partial charge in [-0.2, -0.15) is 5.26 Å². The minimum atomic E-state index is -0.580. The monoisotopic (exact) mass is 428 g/mol. The van der Waals surface area contributed by atoms with E-state index < -0.39 is 12.2 Å². The Bertz CT molecular complexity index is 1180. The van der Waals surface area contributed by atoms with Gasteiger partial charge in [-0.25, -0.2) is 15.6 Å². The Labute approximate surface area is 184 Å². The molecule has 0 saturated carbocycles. The van der Waals surface area contributed by atoms with E-state index in [9.17, 15) is 10.1 Å². The molecule has 0 bridgehead atoms. The molecule has 3 heterocycles. The molecule has 1 aromatic heterocycles. The van der Waals surface area contributed by atoms with Crippen LogP contribution in [0, 0.1) is 17.2 Å². The fourth-order valence-electron chi connectivity index (χ4n) is 4.34. The molecule has 2 aromatic carbocycles. The zero-order valence-corrected chi connectivity index (χ0v) is 16.9. The second-order valence-electron chi connectivity index (χ2n) is 7.60. The van der Waals surface area contributed by atoms with E-state index in [0.717, 1.165) is 11.1 Å². The number of furan rings is 1. The number of ether oxygens (including phenoxy) is 2. The molecule has 2 aliphatic rings. The van der Waals surface area contributed by atoms with E-state index in [1.165, 1.54) is 12.3 Å². The van der Waals surface area contributed by atoms with Gasteiger partial charge in [-0.1, -0.05) is 42.5 Å². The number of nitrogens with zero attached hydrogens (tertiary/aromatic N) is 1. The second-order valence-corrected chi connectivity index (χ2v) is 7.60. The highest BCUT2D eigenvalue weighted by atomic mass is 16.5. The molecular weight excluding hydrogens is 408 g/mol. The average Bonchev–Trinajstić information content (AvgIpc) is 3.50. The van der Waals surface area contributed by atoms with Crippen LogP contribution in [0.2, 0.25) is 0 Å². The Morgan fingerprint density at radius 1 is 1.00 bits per heavy atom. The Hall–Kier alpha value is -4.06.